The normalized spacial score (nSPS) is 13.7. The fourth-order valence-electron chi connectivity index (χ4n) is 4.91. The van der Waals surface area contributed by atoms with Gasteiger partial charge in [0.05, 0.1) is 23.9 Å². The number of ether oxygens (including phenoxy) is 1. The Kier molecular flexibility index (Phi) is 6.96. The molecule has 0 bridgehead atoms. The number of aromatic nitrogens is 3. The largest absolute Gasteiger partial charge is 0.495 e. The third kappa shape index (κ3) is 5.08. The molecule has 3 N–H and O–H groups in total. The molecule has 0 aliphatic carbocycles. The summed E-state index contributed by atoms with van der Waals surface area (Å²) in [5, 5.41) is 4.09. The molecule has 5 rings (SSSR count). The first-order chi connectivity index (χ1) is 17.9. The first-order valence-corrected chi connectivity index (χ1v) is 12.6. The second-order valence-electron chi connectivity index (χ2n) is 9.48. The first kappa shape index (κ1) is 24.6. The van der Waals surface area contributed by atoms with Gasteiger partial charge in [-0.25, -0.2) is 4.98 Å². The molecule has 1 amide bonds. The number of nitrogens with zero attached hydrogens (tertiary/aromatic N) is 5. The number of carbonyl (C=O) groups excluding carboxylic acids is 1. The number of rotatable bonds is 9. The maximum Gasteiger partial charge on any atom is 0.250 e. The molecule has 0 unspecified atom stereocenters. The van der Waals surface area contributed by atoms with Crippen molar-refractivity contribution >= 4 is 34.1 Å². The minimum Gasteiger partial charge on any atom is -0.495 e. The van der Waals surface area contributed by atoms with E-state index in [9.17, 15) is 4.79 Å². The Morgan fingerprint density at radius 3 is 2.73 bits per heavy atom. The van der Waals surface area contributed by atoms with Gasteiger partial charge in [0.25, 0.3) is 5.91 Å². The van der Waals surface area contributed by atoms with E-state index in [-0.39, 0.29) is 0 Å². The summed E-state index contributed by atoms with van der Waals surface area (Å²) in [7, 11) is 3.78. The highest BCUT2D eigenvalue weighted by molar-refractivity contribution is 6.06. The van der Waals surface area contributed by atoms with Crippen LogP contribution in [-0.2, 0) is 0 Å². The van der Waals surface area contributed by atoms with E-state index in [2.05, 4.69) is 33.2 Å². The molecule has 9 nitrogen and oxygen atoms in total. The maximum atomic E-state index is 12.0. The molecule has 3 heterocycles. The summed E-state index contributed by atoms with van der Waals surface area (Å²) in [4.78, 5) is 26.0. The molecular weight excluding hydrogens is 466 g/mol. The molecule has 0 radical (unpaired) electrons. The van der Waals surface area contributed by atoms with Crippen LogP contribution in [0.15, 0.2) is 54.9 Å². The van der Waals surface area contributed by atoms with Crippen molar-refractivity contribution < 1.29 is 9.53 Å². The number of nitrogens with one attached hydrogen (secondary N) is 1. The Balaban J connectivity index is 1.39. The summed E-state index contributed by atoms with van der Waals surface area (Å²) in [6.45, 7) is 6.30. The lowest BCUT2D eigenvalue weighted by Crippen LogP contribution is -2.31. The molecule has 1 aliphatic heterocycles. The lowest BCUT2D eigenvalue weighted by Gasteiger charge is -2.25. The summed E-state index contributed by atoms with van der Waals surface area (Å²) >= 11 is 0. The van der Waals surface area contributed by atoms with Crippen molar-refractivity contribution in [1.29, 1.82) is 0 Å². The number of hydrogen-bond donors (Lipinski definition) is 2. The fourth-order valence-corrected chi connectivity index (χ4v) is 4.91. The van der Waals surface area contributed by atoms with Crippen LogP contribution in [0.25, 0.3) is 16.7 Å². The molecule has 1 aliphatic rings. The highest BCUT2D eigenvalue weighted by Gasteiger charge is 2.17. The Morgan fingerprint density at radius 2 is 1.97 bits per heavy atom. The zero-order valence-corrected chi connectivity index (χ0v) is 21.6. The number of carbonyl (C=O) groups is 1. The quantitative estimate of drug-likeness (QED) is 0.357. The molecule has 0 saturated carbocycles. The molecule has 1 saturated heterocycles. The van der Waals surface area contributed by atoms with E-state index in [4.69, 9.17) is 15.5 Å². The van der Waals surface area contributed by atoms with Crippen LogP contribution in [0.1, 0.15) is 28.8 Å². The van der Waals surface area contributed by atoms with Crippen LogP contribution in [-0.4, -0.2) is 65.7 Å². The zero-order chi connectivity index (χ0) is 25.9. The van der Waals surface area contributed by atoms with Gasteiger partial charge in [-0.3, -0.25) is 4.79 Å². The monoisotopic (exact) mass is 499 g/mol. The van der Waals surface area contributed by atoms with E-state index in [1.165, 1.54) is 25.9 Å². The number of benzene rings is 2. The predicted molar refractivity (Wildman–Crippen MR) is 147 cm³/mol. The van der Waals surface area contributed by atoms with Crippen LogP contribution < -0.4 is 20.7 Å². The minimum absolute atomic E-state index is 0.441. The van der Waals surface area contributed by atoms with Gasteiger partial charge in [-0.1, -0.05) is 18.2 Å². The van der Waals surface area contributed by atoms with Crippen molar-refractivity contribution in [3.63, 3.8) is 0 Å². The number of nitrogens with two attached hydrogens (primary N) is 1. The minimum atomic E-state index is -0.474. The number of amides is 1. The number of aryl methyl sites for hydroxylation is 1. The summed E-state index contributed by atoms with van der Waals surface area (Å²) in [5.74, 6) is 1.42. The van der Waals surface area contributed by atoms with Crippen molar-refractivity contribution in [3.8, 4) is 11.6 Å². The summed E-state index contributed by atoms with van der Waals surface area (Å²) in [5.41, 5.74) is 9.67. The van der Waals surface area contributed by atoms with Gasteiger partial charge in [-0.05, 0) is 51.1 Å². The topological polar surface area (TPSA) is 102 Å². The van der Waals surface area contributed by atoms with Crippen molar-refractivity contribution in [1.82, 2.24) is 19.4 Å². The number of likely N-dealkylation sites (tertiary alicyclic amines) is 1. The van der Waals surface area contributed by atoms with Gasteiger partial charge in [0.2, 0.25) is 5.95 Å². The Bertz CT molecular complexity index is 1430. The molecule has 2 aromatic heterocycles. The summed E-state index contributed by atoms with van der Waals surface area (Å²) in [6.07, 6.45) is 6.09. The van der Waals surface area contributed by atoms with Gasteiger partial charge < -0.3 is 30.2 Å². The van der Waals surface area contributed by atoms with Crippen LogP contribution >= 0.6 is 0 Å². The van der Waals surface area contributed by atoms with Crippen LogP contribution in [0.3, 0.4) is 0 Å². The number of primary amides is 1. The van der Waals surface area contributed by atoms with E-state index in [0.717, 1.165) is 46.7 Å². The first-order valence-electron chi connectivity index (χ1n) is 12.6. The molecular formula is C28H33N7O2. The highest BCUT2D eigenvalue weighted by atomic mass is 16.5. The third-order valence-electron chi connectivity index (χ3n) is 6.95. The van der Waals surface area contributed by atoms with E-state index in [1.807, 2.05) is 47.9 Å². The third-order valence-corrected chi connectivity index (χ3v) is 6.95. The standard InChI is InChI=1S/C28H33N7O2/c1-19-17-30-28(32-27(19)35-18-22(26(29)36)21-8-4-5-9-23(21)35)31-20-10-11-24(25(16-20)37-3)33(2)14-15-34-12-6-7-13-34/h4-5,8-11,16-18H,6-7,12-15H2,1-3H3,(H2,29,36)(H,30,31,32). The SMILES string of the molecule is COc1cc(Nc2ncc(C)c(-n3cc(C(N)=O)c4ccccc43)n2)ccc1N(C)CCN1CCCC1. The van der Waals surface area contributed by atoms with Gasteiger partial charge in [-0.2, -0.15) is 4.98 Å². The summed E-state index contributed by atoms with van der Waals surface area (Å²) in [6, 6.07) is 13.7. The van der Waals surface area contributed by atoms with Crippen LogP contribution in [0, 0.1) is 6.92 Å². The number of hydrogen-bond acceptors (Lipinski definition) is 7. The summed E-state index contributed by atoms with van der Waals surface area (Å²) < 4.78 is 7.60. The number of likely N-dealkylation sites (N-methyl/N-ethyl adjacent to an activating group) is 1. The molecule has 37 heavy (non-hydrogen) atoms. The second-order valence-corrected chi connectivity index (χ2v) is 9.48. The van der Waals surface area contributed by atoms with E-state index >= 15 is 0 Å². The van der Waals surface area contributed by atoms with Crippen molar-refractivity contribution in [3.05, 3.63) is 66.0 Å². The molecule has 4 aromatic rings. The number of fused-ring (bicyclic) bond motifs is 1. The zero-order valence-electron chi connectivity index (χ0n) is 21.6. The van der Waals surface area contributed by atoms with Gasteiger partial charge >= 0.3 is 0 Å². The van der Waals surface area contributed by atoms with Gasteiger partial charge in [0, 0.05) is 55.2 Å². The Labute approximate surface area is 216 Å². The lowest BCUT2D eigenvalue weighted by atomic mass is 10.2. The Morgan fingerprint density at radius 1 is 1.19 bits per heavy atom. The maximum absolute atomic E-state index is 12.0. The van der Waals surface area contributed by atoms with Crippen molar-refractivity contribution in [2.24, 2.45) is 5.73 Å². The molecule has 0 atom stereocenters. The van der Waals surface area contributed by atoms with E-state index in [0.29, 0.717) is 17.3 Å². The van der Waals surface area contributed by atoms with Crippen molar-refractivity contribution in [2.75, 3.05) is 50.6 Å². The molecule has 9 heteroatoms. The fraction of sp³-hybridized carbons (Fsp3) is 0.321. The van der Waals surface area contributed by atoms with Gasteiger partial charge in [0.1, 0.15) is 11.6 Å². The molecule has 1 fully saturated rings. The molecule has 192 valence electrons. The van der Waals surface area contributed by atoms with E-state index < -0.39 is 5.91 Å². The number of para-hydroxylation sites is 1. The van der Waals surface area contributed by atoms with Crippen LogP contribution in [0.2, 0.25) is 0 Å². The van der Waals surface area contributed by atoms with Crippen LogP contribution in [0.5, 0.6) is 5.75 Å². The predicted octanol–water partition coefficient (Wildman–Crippen LogP) is 4.11. The highest BCUT2D eigenvalue weighted by Crippen LogP contribution is 2.32. The number of anilines is 3. The van der Waals surface area contributed by atoms with Gasteiger partial charge in [0.15, 0.2) is 0 Å². The average molecular weight is 500 g/mol. The Hall–Kier alpha value is -4.11. The second kappa shape index (κ2) is 10.5. The van der Waals surface area contributed by atoms with Crippen LogP contribution in [0.4, 0.5) is 17.3 Å². The molecule has 2 aromatic carbocycles. The van der Waals surface area contributed by atoms with E-state index in [1.54, 1.807) is 19.5 Å². The molecule has 0 spiro atoms. The van der Waals surface area contributed by atoms with Crippen molar-refractivity contribution in [2.45, 2.75) is 19.8 Å². The smallest absolute Gasteiger partial charge is 0.250 e. The number of methoxy groups -OCH3 is 1. The lowest BCUT2D eigenvalue weighted by molar-refractivity contribution is 0.100. The average Bonchev–Trinajstić information content (AvgIpc) is 3.56. The van der Waals surface area contributed by atoms with Gasteiger partial charge in [-0.15, -0.1) is 0 Å².